The van der Waals surface area contributed by atoms with Crippen LogP contribution in [0.2, 0.25) is 5.02 Å². The van der Waals surface area contributed by atoms with Crippen molar-refractivity contribution in [2.75, 3.05) is 0 Å². The zero-order chi connectivity index (χ0) is 13.7. The molecule has 2 nitrogen and oxygen atoms in total. The Kier molecular flexibility index (Phi) is 4.66. The third-order valence-electron chi connectivity index (χ3n) is 2.28. The minimum atomic E-state index is -0.524. The van der Waals surface area contributed by atoms with Crippen LogP contribution in [0.5, 0.6) is 5.75 Å². The highest BCUT2D eigenvalue weighted by atomic mass is 35.5. The van der Waals surface area contributed by atoms with E-state index in [1.165, 1.54) is 11.8 Å². The Hall–Kier alpha value is -1.71. The van der Waals surface area contributed by atoms with Crippen LogP contribution in [-0.4, -0.2) is 5.97 Å². The molecule has 0 aliphatic rings. The van der Waals surface area contributed by atoms with Gasteiger partial charge in [0.1, 0.15) is 0 Å². The summed E-state index contributed by atoms with van der Waals surface area (Å²) in [5.41, 5.74) is 0. The molecule has 0 radical (unpaired) electrons. The normalized spacial score (nSPS) is 9.95. The molecule has 0 aliphatic carbocycles. The van der Waals surface area contributed by atoms with Crippen LogP contribution in [0.25, 0.3) is 0 Å². The average Bonchev–Trinajstić information content (AvgIpc) is 2.44. The van der Waals surface area contributed by atoms with Crippen molar-refractivity contribution in [1.82, 2.24) is 0 Å². The number of hydrogen-bond donors (Lipinski definition) is 0. The molecule has 0 fully saturated rings. The van der Waals surface area contributed by atoms with Gasteiger partial charge >= 0.3 is 5.97 Å². The number of esters is 1. The Morgan fingerprint density at radius 3 is 2.58 bits per heavy atom. The lowest BCUT2D eigenvalue weighted by atomic mass is 10.3. The van der Waals surface area contributed by atoms with Gasteiger partial charge in [0.25, 0.3) is 0 Å². The van der Waals surface area contributed by atoms with Crippen LogP contribution in [0.15, 0.2) is 71.0 Å². The summed E-state index contributed by atoms with van der Waals surface area (Å²) in [5, 5.41) is 0.423. The van der Waals surface area contributed by atoms with Gasteiger partial charge < -0.3 is 4.74 Å². The minimum absolute atomic E-state index is 0.340. The van der Waals surface area contributed by atoms with Crippen LogP contribution < -0.4 is 4.74 Å². The Morgan fingerprint density at radius 1 is 1.16 bits per heavy atom. The number of rotatable bonds is 4. The summed E-state index contributed by atoms with van der Waals surface area (Å²) in [7, 11) is 0. The highest BCUT2D eigenvalue weighted by Crippen LogP contribution is 2.38. The van der Waals surface area contributed by atoms with Gasteiger partial charge in [-0.3, -0.25) is 0 Å². The van der Waals surface area contributed by atoms with Crippen LogP contribution in [0.4, 0.5) is 0 Å². The van der Waals surface area contributed by atoms with Gasteiger partial charge in [-0.2, -0.15) is 0 Å². The summed E-state index contributed by atoms with van der Waals surface area (Å²) in [5.74, 6) is -0.184. The van der Waals surface area contributed by atoms with Gasteiger partial charge in [-0.1, -0.05) is 54.2 Å². The summed E-state index contributed by atoms with van der Waals surface area (Å²) in [6.45, 7) is 3.35. The Balaban J connectivity index is 2.25. The topological polar surface area (TPSA) is 26.3 Å². The summed E-state index contributed by atoms with van der Waals surface area (Å²) in [6.07, 6.45) is 1.10. The van der Waals surface area contributed by atoms with Gasteiger partial charge in [0.2, 0.25) is 0 Å². The van der Waals surface area contributed by atoms with E-state index in [0.717, 1.165) is 15.9 Å². The molecule has 0 saturated carbocycles. The van der Waals surface area contributed by atoms with E-state index in [9.17, 15) is 4.79 Å². The number of benzene rings is 2. The molecule has 2 aromatic rings. The first-order valence-electron chi connectivity index (χ1n) is 5.56. The monoisotopic (exact) mass is 290 g/mol. The molecule has 4 heteroatoms. The number of halogens is 1. The van der Waals surface area contributed by atoms with Gasteiger partial charge in [-0.15, -0.1) is 0 Å². The zero-order valence-electron chi connectivity index (χ0n) is 10.0. The first-order valence-corrected chi connectivity index (χ1v) is 6.76. The molecule has 2 rings (SSSR count). The predicted molar refractivity (Wildman–Crippen MR) is 77.8 cm³/mol. The smallest absolute Gasteiger partial charge is 0.335 e. The van der Waals surface area contributed by atoms with E-state index < -0.39 is 5.97 Å². The molecule has 0 atom stereocenters. The van der Waals surface area contributed by atoms with Gasteiger partial charge in [-0.05, 0) is 24.3 Å². The van der Waals surface area contributed by atoms with Gasteiger partial charge in [0.05, 0.1) is 5.02 Å². The van der Waals surface area contributed by atoms with Gasteiger partial charge in [0.15, 0.2) is 5.75 Å². The molecule has 0 bridgehead atoms. The highest BCUT2D eigenvalue weighted by Gasteiger charge is 2.10. The lowest BCUT2D eigenvalue weighted by molar-refractivity contribution is -0.128. The van der Waals surface area contributed by atoms with Gasteiger partial charge in [-0.25, -0.2) is 4.79 Å². The maximum atomic E-state index is 11.2. The fourth-order valence-corrected chi connectivity index (χ4v) is 2.58. The van der Waals surface area contributed by atoms with E-state index in [2.05, 4.69) is 6.58 Å². The van der Waals surface area contributed by atoms with E-state index in [1.807, 2.05) is 36.4 Å². The summed E-state index contributed by atoms with van der Waals surface area (Å²) < 4.78 is 5.07. The lowest BCUT2D eigenvalue weighted by Crippen LogP contribution is -2.03. The number of carbonyl (C=O) groups excluding carboxylic acids is 1. The van der Waals surface area contributed by atoms with Crippen molar-refractivity contribution >= 4 is 29.3 Å². The molecule has 0 N–H and O–H groups in total. The molecule has 2 aromatic carbocycles. The van der Waals surface area contributed by atoms with E-state index in [4.69, 9.17) is 16.3 Å². The maximum absolute atomic E-state index is 11.2. The van der Waals surface area contributed by atoms with E-state index in [0.29, 0.717) is 10.8 Å². The van der Waals surface area contributed by atoms with Crippen molar-refractivity contribution < 1.29 is 9.53 Å². The molecule has 0 amide bonds. The van der Waals surface area contributed by atoms with Crippen LogP contribution in [-0.2, 0) is 4.79 Å². The fourth-order valence-electron chi connectivity index (χ4n) is 1.41. The van der Waals surface area contributed by atoms with Crippen molar-refractivity contribution in [3.8, 4) is 5.75 Å². The van der Waals surface area contributed by atoms with E-state index in [-0.39, 0.29) is 0 Å². The summed E-state index contributed by atoms with van der Waals surface area (Å²) in [4.78, 5) is 13.1. The van der Waals surface area contributed by atoms with Crippen molar-refractivity contribution in [2.45, 2.75) is 9.79 Å². The Labute approximate surface area is 121 Å². The molecule has 0 spiro atoms. The molecular weight excluding hydrogens is 280 g/mol. The molecule has 0 aromatic heterocycles. The zero-order valence-corrected chi connectivity index (χ0v) is 11.6. The first kappa shape index (κ1) is 13.7. The quantitative estimate of drug-likeness (QED) is 0.468. The summed E-state index contributed by atoms with van der Waals surface area (Å²) >= 11 is 7.74. The second-order valence-electron chi connectivity index (χ2n) is 3.61. The molecule has 0 saturated heterocycles. The largest absolute Gasteiger partial charge is 0.422 e. The molecule has 0 unspecified atom stereocenters. The second kappa shape index (κ2) is 6.45. The molecular formula is C15H11ClO2S. The number of carbonyl (C=O) groups is 1. The minimum Gasteiger partial charge on any atom is -0.422 e. The molecule has 19 heavy (non-hydrogen) atoms. The predicted octanol–water partition coefficient (Wildman–Crippen LogP) is 4.58. The highest BCUT2D eigenvalue weighted by molar-refractivity contribution is 7.99. The van der Waals surface area contributed by atoms with E-state index in [1.54, 1.807) is 12.1 Å². The van der Waals surface area contributed by atoms with Gasteiger partial charge in [0, 0.05) is 15.9 Å². The SMILES string of the molecule is C=CC(=O)Oc1cccc(Sc2ccccc2)c1Cl. The fraction of sp³-hybridized carbons (Fsp3) is 0. The van der Waals surface area contributed by atoms with Crippen molar-refractivity contribution in [3.63, 3.8) is 0 Å². The average molecular weight is 291 g/mol. The molecule has 96 valence electrons. The Morgan fingerprint density at radius 2 is 1.89 bits per heavy atom. The van der Waals surface area contributed by atoms with Crippen LogP contribution in [0.3, 0.4) is 0 Å². The van der Waals surface area contributed by atoms with Crippen molar-refractivity contribution in [1.29, 1.82) is 0 Å². The van der Waals surface area contributed by atoms with Crippen molar-refractivity contribution in [2.24, 2.45) is 0 Å². The molecule has 0 aliphatic heterocycles. The van der Waals surface area contributed by atoms with Crippen LogP contribution >= 0.6 is 23.4 Å². The number of ether oxygens (including phenoxy) is 1. The lowest BCUT2D eigenvalue weighted by Gasteiger charge is -2.08. The Bertz CT molecular complexity index is 596. The van der Waals surface area contributed by atoms with E-state index >= 15 is 0 Å². The second-order valence-corrected chi connectivity index (χ2v) is 5.10. The molecule has 0 heterocycles. The van der Waals surface area contributed by atoms with Crippen molar-refractivity contribution in [3.05, 3.63) is 66.2 Å². The third-order valence-corrected chi connectivity index (χ3v) is 3.85. The standard InChI is InChI=1S/C15H11ClO2S/c1-2-14(17)18-12-9-6-10-13(15(12)16)19-11-7-4-3-5-8-11/h2-10H,1H2. The number of hydrogen-bond acceptors (Lipinski definition) is 3. The third kappa shape index (κ3) is 3.63. The maximum Gasteiger partial charge on any atom is 0.335 e. The first-order chi connectivity index (χ1) is 9.20. The van der Waals surface area contributed by atoms with Crippen LogP contribution in [0.1, 0.15) is 0 Å². The van der Waals surface area contributed by atoms with Crippen LogP contribution in [0, 0.1) is 0 Å². The summed E-state index contributed by atoms with van der Waals surface area (Å²) in [6, 6.07) is 15.2.